The molecule has 0 aliphatic heterocycles. The molecule has 0 saturated carbocycles. The number of hydrogen-bond donors (Lipinski definition) is 1. The highest BCUT2D eigenvalue weighted by molar-refractivity contribution is 5.56. The second kappa shape index (κ2) is 3.11. The number of nitrogens with two attached hydrogens (primary N) is 1. The highest BCUT2D eigenvalue weighted by Gasteiger charge is 2.14. The molecule has 0 fully saturated rings. The number of nitro groups is 1. The number of aromatic nitrogens is 1. The second-order valence-electron chi connectivity index (χ2n) is 2.43. The smallest absolute Gasteiger partial charge is 0.291 e. The molecule has 0 amide bonds. The standard InChI is InChI=1S/C8H7N3O2/c1-3-6-4-7(11(12)13)5(2)10-8(6)9/h1,4H,2H3,(H2,9,10). The van der Waals surface area contributed by atoms with Gasteiger partial charge in [-0.3, -0.25) is 10.1 Å². The van der Waals surface area contributed by atoms with Crippen LogP contribution in [0, 0.1) is 29.4 Å². The Labute approximate surface area is 74.7 Å². The summed E-state index contributed by atoms with van der Waals surface area (Å²) >= 11 is 0. The van der Waals surface area contributed by atoms with Gasteiger partial charge in [-0.25, -0.2) is 4.98 Å². The zero-order valence-electron chi connectivity index (χ0n) is 6.94. The van der Waals surface area contributed by atoms with E-state index in [-0.39, 0.29) is 22.8 Å². The van der Waals surface area contributed by atoms with Crippen molar-refractivity contribution in [2.24, 2.45) is 0 Å². The summed E-state index contributed by atoms with van der Waals surface area (Å²) in [6.45, 7) is 1.51. The van der Waals surface area contributed by atoms with E-state index in [1.165, 1.54) is 13.0 Å². The van der Waals surface area contributed by atoms with Gasteiger partial charge < -0.3 is 5.73 Å². The third kappa shape index (κ3) is 1.56. The zero-order valence-corrected chi connectivity index (χ0v) is 6.94. The second-order valence-corrected chi connectivity index (χ2v) is 2.43. The summed E-state index contributed by atoms with van der Waals surface area (Å²) in [6.07, 6.45) is 5.08. The third-order valence-corrected chi connectivity index (χ3v) is 1.57. The predicted molar refractivity (Wildman–Crippen MR) is 48.0 cm³/mol. The highest BCUT2D eigenvalue weighted by Crippen LogP contribution is 2.20. The van der Waals surface area contributed by atoms with Crippen LogP contribution in [-0.4, -0.2) is 9.91 Å². The van der Waals surface area contributed by atoms with Crippen LogP contribution in [0.5, 0.6) is 0 Å². The van der Waals surface area contributed by atoms with Gasteiger partial charge in [-0.05, 0) is 6.92 Å². The Bertz CT molecular complexity index is 407. The van der Waals surface area contributed by atoms with Gasteiger partial charge in [0.05, 0.1) is 10.5 Å². The largest absolute Gasteiger partial charge is 0.383 e. The first-order valence-electron chi connectivity index (χ1n) is 3.44. The van der Waals surface area contributed by atoms with Crippen molar-refractivity contribution in [1.82, 2.24) is 4.98 Å². The van der Waals surface area contributed by atoms with E-state index in [2.05, 4.69) is 10.9 Å². The van der Waals surface area contributed by atoms with Crippen LogP contribution >= 0.6 is 0 Å². The van der Waals surface area contributed by atoms with Crippen LogP contribution in [0.1, 0.15) is 11.3 Å². The minimum Gasteiger partial charge on any atom is -0.383 e. The van der Waals surface area contributed by atoms with Crippen molar-refractivity contribution in [2.75, 3.05) is 5.73 Å². The number of hydrogen-bond acceptors (Lipinski definition) is 4. The summed E-state index contributed by atoms with van der Waals surface area (Å²) in [6, 6.07) is 1.25. The van der Waals surface area contributed by atoms with E-state index in [9.17, 15) is 10.1 Å². The number of aryl methyl sites for hydroxylation is 1. The van der Waals surface area contributed by atoms with Gasteiger partial charge in [0.15, 0.2) is 0 Å². The van der Waals surface area contributed by atoms with Crippen LogP contribution in [0.25, 0.3) is 0 Å². The molecular weight excluding hydrogens is 170 g/mol. The first-order chi connectivity index (χ1) is 6.06. The molecule has 1 aromatic heterocycles. The molecule has 0 bridgehead atoms. The van der Waals surface area contributed by atoms with Crippen LogP contribution in [-0.2, 0) is 0 Å². The molecule has 13 heavy (non-hydrogen) atoms. The average Bonchev–Trinajstić information content (AvgIpc) is 2.03. The van der Waals surface area contributed by atoms with Crippen molar-refractivity contribution in [1.29, 1.82) is 0 Å². The lowest BCUT2D eigenvalue weighted by molar-refractivity contribution is -0.385. The summed E-state index contributed by atoms with van der Waals surface area (Å²) in [5.74, 6) is 2.37. The lowest BCUT2D eigenvalue weighted by Gasteiger charge is -2.00. The lowest BCUT2D eigenvalue weighted by Crippen LogP contribution is -2.01. The molecular formula is C8H7N3O2. The molecule has 0 radical (unpaired) electrons. The SMILES string of the molecule is C#Cc1cc([N+](=O)[O-])c(C)nc1N. The fraction of sp³-hybridized carbons (Fsp3) is 0.125. The average molecular weight is 177 g/mol. The molecule has 0 aliphatic carbocycles. The summed E-state index contributed by atoms with van der Waals surface area (Å²) in [5, 5.41) is 10.5. The van der Waals surface area contributed by atoms with Gasteiger partial charge in [-0.1, -0.05) is 5.92 Å². The Morgan fingerprint density at radius 1 is 1.77 bits per heavy atom. The first kappa shape index (κ1) is 9.00. The topological polar surface area (TPSA) is 82.0 Å². The van der Waals surface area contributed by atoms with Crippen LogP contribution < -0.4 is 5.73 Å². The summed E-state index contributed by atoms with van der Waals surface area (Å²) in [7, 11) is 0. The minimum atomic E-state index is -0.539. The van der Waals surface area contributed by atoms with Gasteiger partial charge in [0, 0.05) is 6.07 Å². The van der Waals surface area contributed by atoms with E-state index in [0.29, 0.717) is 0 Å². The fourth-order valence-corrected chi connectivity index (χ4v) is 0.914. The van der Waals surface area contributed by atoms with E-state index in [0.717, 1.165) is 0 Å². The molecule has 1 aromatic rings. The summed E-state index contributed by atoms with van der Waals surface area (Å²) < 4.78 is 0. The number of pyridine rings is 1. The van der Waals surface area contributed by atoms with Crippen molar-refractivity contribution in [3.63, 3.8) is 0 Å². The Balaban J connectivity index is 3.41. The van der Waals surface area contributed by atoms with Crippen LogP contribution in [0.3, 0.4) is 0 Å². The Hall–Kier alpha value is -2.09. The Morgan fingerprint density at radius 3 is 2.85 bits per heavy atom. The first-order valence-corrected chi connectivity index (χ1v) is 3.44. The lowest BCUT2D eigenvalue weighted by atomic mass is 10.2. The molecule has 0 aliphatic rings. The molecule has 0 unspecified atom stereocenters. The molecule has 1 heterocycles. The molecule has 0 aromatic carbocycles. The number of rotatable bonds is 1. The Kier molecular flexibility index (Phi) is 2.15. The molecule has 66 valence electrons. The summed E-state index contributed by atoms with van der Waals surface area (Å²) in [5.41, 5.74) is 5.83. The van der Waals surface area contributed by atoms with Crippen LogP contribution in [0.15, 0.2) is 6.07 Å². The van der Waals surface area contributed by atoms with Crippen molar-refractivity contribution < 1.29 is 4.92 Å². The quantitative estimate of drug-likeness (QED) is 0.392. The van der Waals surface area contributed by atoms with Gasteiger partial charge in [0.1, 0.15) is 11.5 Å². The number of nitrogen functional groups attached to an aromatic ring is 1. The van der Waals surface area contributed by atoms with Gasteiger partial charge in [0.2, 0.25) is 0 Å². The zero-order chi connectivity index (χ0) is 10.0. The van der Waals surface area contributed by atoms with Crippen molar-refractivity contribution in [3.05, 3.63) is 27.4 Å². The Morgan fingerprint density at radius 2 is 2.38 bits per heavy atom. The van der Waals surface area contributed by atoms with E-state index < -0.39 is 4.92 Å². The van der Waals surface area contributed by atoms with Crippen LogP contribution in [0.4, 0.5) is 11.5 Å². The summed E-state index contributed by atoms with van der Waals surface area (Å²) in [4.78, 5) is 13.7. The molecule has 5 nitrogen and oxygen atoms in total. The van der Waals surface area contributed by atoms with Gasteiger partial charge in [-0.15, -0.1) is 6.42 Å². The van der Waals surface area contributed by atoms with Crippen molar-refractivity contribution in [3.8, 4) is 12.3 Å². The van der Waals surface area contributed by atoms with Crippen molar-refractivity contribution >= 4 is 11.5 Å². The normalized spacial score (nSPS) is 9.23. The minimum absolute atomic E-state index is 0.109. The van der Waals surface area contributed by atoms with E-state index >= 15 is 0 Å². The van der Waals surface area contributed by atoms with Gasteiger partial charge in [-0.2, -0.15) is 0 Å². The highest BCUT2D eigenvalue weighted by atomic mass is 16.6. The number of terminal acetylenes is 1. The van der Waals surface area contributed by atoms with Gasteiger partial charge in [0.25, 0.3) is 5.69 Å². The molecule has 1 rings (SSSR count). The van der Waals surface area contributed by atoms with E-state index in [1.807, 2.05) is 0 Å². The maximum Gasteiger partial charge on any atom is 0.291 e. The predicted octanol–water partition coefficient (Wildman–Crippen LogP) is 0.862. The maximum atomic E-state index is 10.5. The van der Waals surface area contributed by atoms with Gasteiger partial charge >= 0.3 is 0 Å². The third-order valence-electron chi connectivity index (χ3n) is 1.57. The van der Waals surface area contributed by atoms with E-state index in [4.69, 9.17) is 12.2 Å². The number of anilines is 1. The molecule has 0 spiro atoms. The monoisotopic (exact) mass is 177 g/mol. The van der Waals surface area contributed by atoms with Crippen molar-refractivity contribution in [2.45, 2.75) is 6.92 Å². The molecule has 0 atom stereocenters. The maximum absolute atomic E-state index is 10.5. The number of nitrogens with zero attached hydrogens (tertiary/aromatic N) is 2. The molecule has 2 N–H and O–H groups in total. The molecule has 0 saturated heterocycles. The fourth-order valence-electron chi connectivity index (χ4n) is 0.914. The molecule has 5 heteroatoms. The van der Waals surface area contributed by atoms with E-state index in [1.54, 1.807) is 0 Å². The van der Waals surface area contributed by atoms with Crippen LogP contribution in [0.2, 0.25) is 0 Å².